The highest BCUT2D eigenvalue weighted by molar-refractivity contribution is 6.35. The molecule has 130 valence electrons. The summed E-state index contributed by atoms with van der Waals surface area (Å²) in [5, 5.41) is 9.15. The summed E-state index contributed by atoms with van der Waals surface area (Å²) in [6.45, 7) is 6.22. The fourth-order valence-corrected chi connectivity index (χ4v) is 3.08. The zero-order valence-corrected chi connectivity index (χ0v) is 15.7. The van der Waals surface area contributed by atoms with Crippen LogP contribution < -0.4 is 5.32 Å². The van der Waals surface area contributed by atoms with Gasteiger partial charge >= 0.3 is 0 Å². The number of benzene rings is 1. The van der Waals surface area contributed by atoms with E-state index in [9.17, 15) is 4.79 Å². The van der Waals surface area contributed by atoms with E-state index in [1.54, 1.807) is 24.4 Å². The number of nitrogens with zero attached hydrogens (tertiary/aromatic N) is 3. The van der Waals surface area contributed by atoms with Crippen molar-refractivity contribution in [1.29, 1.82) is 0 Å². The van der Waals surface area contributed by atoms with Crippen molar-refractivity contribution in [1.82, 2.24) is 20.1 Å². The Morgan fingerprint density at radius 3 is 2.72 bits per heavy atom. The van der Waals surface area contributed by atoms with Gasteiger partial charge in [-0.25, -0.2) is 9.67 Å². The summed E-state index contributed by atoms with van der Waals surface area (Å²) >= 11 is 12.0. The highest BCUT2D eigenvalue weighted by atomic mass is 35.5. The third-order valence-electron chi connectivity index (χ3n) is 3.95. The molecular weight excluding hydrogens is 359 g/mol. The van der Waals surface area contributed by atoms with Crippen LogP contribution in [0.3, 0.4) is 0 Å². The van der Waals surface area contributed by atoms with Crippen molar-refractivity contribution in [2.24, 2.45) is 0 Å². The van der Waals surface area contributed by atoms with Gasteiger partial charge in [-0.1, -0.05) is 29.3 Å². The van der Waals surface area contributed by atoms with E-state index in [0.29, 0.717) is 27.8 Å². The lowest BCUT2D eigenvalue weighted by atomic mass is 10.1. The van der Waals surface area contributed by atoms with E-state index >= 15 is 0 Å². The van der Waals surface area contributed by atoms with E-state index < -0.39 is 0 Å². The first-order chi connectivity index (χ1) is 11.9. The fourth-order valence-electron chi connectivity index (χ4n) is 2.61. The minimum atomic E-state index is -0.199. The average molecular weight is 377 g/mol. The topological polar surface area (TPSA) is 59.8 Å². The molecule has 25 heavy (non-hydrogen) atoms. The van der Waals surface area contributed by atoms with Crippen molar-refractivity contribution in [2.75, 3.05) is 0 Å². The number of amides is 1. The van der Waals surface area contributed by atoms with Crippen LogP contribution in [0.15, 0.2) is 30.5 Å². The van der Waals surface area contributed by atoms with Gasteiger partial charge in [-0.2, -0.15) is 5.10 Å². The van der Waals surface area contributed by atoms with Crippen LogP contribution in [0.1, 0.15) is 41.5 Å². The number of hydrogen-bond donors (Lipinski definition) is 1. The van der Waals surface area contributed by atoms with Crippen molar-refractivity contribution >= 4 is 40.1 Å². The fraction of sp³-hybridized carbons (Fsp3) is 0.278. The molecule has 1 amide bonds. The van der Waals surface area contributed by atoms with Crippen molar-refractivity contribution in [3.05, 3.63) is 57.3 Å². The lowest BCUT2D eigenvalue weighted by Crippen LogP contribution is -2.24. The molecule has 0 saturated carbocycles. The van der Waals surface area contributed by atoms with E-state index in [-0.39, 0.29) is 11.9 Å². The van der Waals surface area contributed by atoms with Crippen molar-refractivity contribution in [3.8, 4) is 0 Å². The molecular formula is C18H18Cl2N4O. The highest BCUT2D eigenvalue weighted by Crippen LogP contribution is 2.22. The number of carbonyl (C=O) groups is 1. The molecule has 5 nitrogen and oxygen atoms in total. The second-order valence-corrected chi connectivity index (χ2v) is 6.98. The van der Waals surface area contributed by atoms with Gasteiger partial charge in [-0.15, -0.1) is 0 Å². The van der Waals surface area contributed by atoms with Crippen molar-refractivity contribution in [2.45, 2.75) is 33.4 Å². The Bertz CT molecular complexity index is 950. The molecule has 1 aromatic carbocycles. The number of pyridine rings is 1. The molecule has 2 heterocycles. The van der Waals surface area contributed by atoms with Gasteiger partial charge in [0.1, 0.15) is 0 Å². The largest absolute Gasteiger partial charge is 0.348 e. The Hall–Kier alpha value is -2.11. The Morgan fingerprint density at radius 1 is 1.28 bits per heavy atom. The van der Waals surface area contributed by atoms with Gasteiger partial charge in [0.2, 0.25) is 0 Å². The second-order valence-electron chi connectivity index (χ2n) is 6.14. The van der Waals surface area contributed by atoms with Gasteiger partial charge in [0.25, 0.3) is 5.91 Å². The van der Waals surface area contributed by atoms with Gasteiger partial charge in [-0.05, 0) is 44.5 Å². The van der Waals surface area contributed by atoms with Gasteiger partial charge in [0.15, 0.2) is 5.65 Å². The molecule has 0 aliphatic rings. The number of nitrogens with one attached hydrogen (secondary N) is 1. The zero-order chi connectivity index (χ0) is 18.1. The monoisotopic (exact) mass is 376 g/mol. The standard InChI is InChI=1S/C18H18Cl2N4O/c1-10(2)24-17-13(9-22-24)6-15(11(3)23-17)18(25)21-8-12-4-5-14(19)7-16(12)20/h4-7,9-10H,8H2,1-3H3,(H,21,25). The number of aromatic nitrogens is 3. The molecule has 0 bridgehead atoms. The minimum absolute atomic E-state index is 0.199. The van der Waals surface area contributed by atoms with Gasteiger partial charge in [-0.3, -0.25) is 4.79 Å². The van der Waals surface area contributed by atoms with E-state index in [0.717, 1.165) is 16.6 Å². The summed E-state index contributed by atoms with van der Waals surface area (Å²) in [6, 6.07) is 7.22. The molecule has 0 aliphatic heterocycles. The zero-order valence-electron chi connectivity index (χ0n) is 14.2. The first-order valence-electron chi connectivity index (χ1n) is 7.94. The third kappa shape index (κ3) is 3.62. The lowest BCUT2D eigenvalue weighted by Gasteiger charge is -2.10. The summed E-state index contributed by atoms with van der Waals surface area (Å²) in [7, 11) is 0. The number of aryl methyl sites for hydroxylation is 1. The molecule has 0 spiro atoms. The van der Waals surface area contributed by atoms with E-state index in [4.69, 9.17) is 23.2 Å². The van der Waals surface area contributed by atoms with Crippen LogP contribution in [0.25, 0.3) is 11.0 Å². The van der Waals surface area contributed by atoms with Gasteiger partial charge in [0, 0.05) is 28.0 Å². The second kappa shape index (κ2) is 7.02. The number of hydrogen-bond acceptors (Lipinski definition) is 3. The molecule has 3 rings (SSSR count). The van der Waals surface area contributed by atoms with Gasteiger partial charge in [0.05, 0.1) is 17.5 Å². The molecule has 1 N–H and O–H groups in total. The normalized spacial score (nSPS) is 11.3. The maximum atomic E-state index is 12.6. The summed E-state index contributed by atoms with van der Waals surface area (Å²) in [5.74, 6) is -0.199. The third-order valence-corrected chi connectivity index (χ3v) is 4.53. The smallest absolute Gasteiger partial charge is 0.253 e. The molecule has 0 fully saturated rings. The molecule has 7 heteroatoms. The molecule has 0 radical (unpaired) electrons. The molecule has 3 aromatic rings. The van der Waals surface area contributed by atoms with Crippen LogP contribution in [-0.2, 0) is 6.54 Å². The molecule has 0 aliphatic carbocycles. The molecule has 0 saturated heterocycles. The van der Waals surface area contributed by atoms with Crippen molar-refractivity contribution in [3.63, 3.8) is 0 Å². The average Bonchev–Trinajstić information content (AvgIpc) is 2.95. The Labute approximate surface area is 156 Å². The van der Waals surface area contributed by atoms with Crippen LogP contribution in [0.4, 0.5) is 0 Å². The lowest BCUT2D eigenvalue weighted by molar-refractivity contribution is 0.0950. The molecule has 2 aromatic heterocycles. The van der Waals surface area contributed by atoms with Crippen LogP contribution in [0, 0.1) is 6.92 Å². The highest BCUT2D eigenvalue weighted by Gasteiger charge is 2.15. The predicted octanol–water partition coefficient (Wildman–Crippen LogP) is 4.56. The maximum Gasteiger partial charge on any atom is 0.253 e. The minimum Gasteiger partial charge on any atom is -0.348 e. The quantitative estimate of drug-likeness (QED) is 0.725. The van der Waals surface area contributed by atoms with Crippen molar-refractivity contribution < 1.29 is 4.79 Å². The summed E-state index contributed by atoms with van der Waals surface area (Å²) in [6.07, 6.45) is 1.73. The summed E-state index contributed by atoms with van der Waals surface area (Å²) in [5.41, 5.74) is 2.78. The predicted molar refractivity (Wildman–Crippen MR) is 100 cm³/mol. The molecule has 0 unspecified atom stereocenters. The number of rotatable bonds is 4. The summed E-state index contributed by atoms with van der Waals surface area (Å²) < 4.78 is 1.84. The number of carbonyl (C=O) groups excluding carboxylic acids is 1. The summed E-state index contributed by atoms with van der Waals surface area (Å²) in [4.78, 5) is 17.1. The maximum absolute atomic E-state index is 12.6. The van der Waals surface area contributed by atoms with E-state index in [2.05, 4.69) is 15.4 Å². The SMILES string of the molecule is Cc1nc2c(cnn2C(C)C)cc1C(=O)NCc1ccc(Cl)cc1Cl. The Morgan fingerprint density at radius 2 is 2.04 bits per heavy atom. The number of halogens is 2. The van der Waals surface area contributed by atoms with Crippen LogP contribution in [0.2, 0.25) is 10.0 Å². The molecule has 0 atom stereocenters. The van der Waals surface area contributed by atoms with E-state index in [1.165, 1.54) is 0 Å². The van der Waals surface area contributed by atoms with Crippen LogP contribution >= 0.6 is 23.2 Å². The Kier molecular flexibility index (Phi) is 4.97. The first kappa shape index (κ1) is 17.7. The Balaban J connectivity index is 1.83. The van der Waals surface area contributed by atoms with Gasteiger partial charge < -0.3 is 5.32 Å². The van der Waals surface area contributed by atoms with Crippen LogP contribution in [-0.4, -0.2) is 20.7 Å². The number of fused-ring (bicyclic) bond motifs is 1. The first-order valence-corrected chi connectivity index (χ1v) is 8.69. The van der Waals surface area contributed by atoms with E-state index in [1.807, 2.05) is 31.5 Å². The van der Waals surface area contributed by atoms with Crippen LogP contribution in [0.5, 0.6) is 0 Å².